The summed E-state index contributed by atoms with van der Waals surface area (Å²) in [7, 11) is 1.55. The smallest absolute Gasteiger partial charge is 0.272 e. The number of aromatic nitrogens is 3. The summed E-state index contributed by atoms with van der Waals surface area (Å²) in [5, 5.41) is 15.0. The highest BCUT2D eigenvalue weighted by Gasteiger charge is 2.31. The number of H-pyrrole nitrogens is 1. The molecule has 2 aromatic heterocycles. The number of nitrogens with one attached hydrogen (secondary N) is 3. The van der Waals surface area contributed by atoms with Crippen LogP contribution in [0.3, 0.4) is 0 Å². The summed E-state index contributed by atoms with van der Waals surface area (Å²) < 4.78 is 2.08. The molecule has 1 saturated heterocycles. The lowest BCUT2D eigenvalue weighted by molar-refractivity contribution is -0.132. The number of fused-ring (bicyclic) bond motifs is 1. The number of anilines is 1. The fourth-order valence-corrected chi connectivity index (χ4v) is 6.64. The molecule has 3 aromatic carbocycles. The van der Waals surface area contributed by atoms with Crippen LogP contribution in [-0.2, 0) is 9.59 Å². The van der Waals surface area contributed by atoms with Gasteiger partial charge in [0.15, 0.2) is 9.61 Å². The van der Waals surface area contributed by atoms with Crippen LogP contribution in [0.5, 0.6) is 0 Å². The van der Waals surface area contributed by atoms with Gasteiger partial charge >= 0.3 is 0 Å². The fraction of sp³-hybridized carbons (Fsp3) is 0.289. The van der Waals surface area contributed by atoms with Gasteiger partial charge in [-0.2, -0.15) is 5.10 Å². The van der Waals surface area contributed by atoms with Crippen LogP contribution in [0, 0.1) is 5.92 Å². The average molecular weight is 840 g/mol. The van der Waals surface area contributed by atoms with Gasteiger partial charge in [-0.15, -0.1) is 11.3 Å². The molecule has 0 bridgehead atoms. The Balaban J connectivity index is 0.000000392. The van der Waals surface area contributed by atoms with E-state index in [4.69, 9.17) is 0 Å². The topological polar surface area (TPSA) is 123 Å². The van der Waals surface area contributed by atoms with Crippen molar-refractivity contribution >= 4 is 83.1 Å². The van der Waals surface area contributed by atoms with Crippen LogP contribution in [0.15, 0.2) is 105 Å². The lowest BCUT2D eigenvalue weighted by atomic mass is 9.99. The molecule has 1 fully saturated rings. The first-order valence-electron chi connectivity index (χ1n) is 15.8. The molecule has 0 saturated carbocycles. The summed E-state index contributed by atoms with van der Waals surface area (Å²) in [6, 6.07) is 25.6. The lowest BCUT2D eigenvalue weighted by Crippen LogP contribution is -2.41. The highest BCUT2D eigenvalue weighted by molar-refractivity contribution is 9.11. The van der Waals surface area contributed by atoms with Gasteiger partial charge in [0, 0.05) is 53.8 Å². The van der Waals surface area contributed by atoms with E-state index >= 15 is 0 Å². The van der Waals surface area contributed by atoms with Crippen LogP contribution in [-0.4, -0.2) is 82.5 Å². The summed E-state index contributed by atoms with van der Waals surface area (Å²) in [5.41, 5.74) is 4.13. The van der Waals surface area contributed by atoms with Crippen LogP contribution >= 0.6 is 43.2 Å². The number of thiazole rings is 1. The minimum atomic E-state index is -0.290. The highest BCUT2D eigenvalue weighted by Crippen LogP contribution is 2.25. The third-order valence-corrected chi connectivity index (χ3v) is 9.97. The first-order chi connectivity index (χ1) is 23.8. The lowest BCUT2D eigenvalue weighted by Gasteiger charge is -2.28. The molecule has 2 aliphatic rings. The average Bonchev–Trinajstić information content (AvgIpc) is 3.91. The number of hydrogen-bond donors (Lipinski definition) is 3. The van der Waals surface area contributed by atoms with Crippen molar-refractivity contribution in [3.8, 4) is 0 Å². The number of carbonyl (C=O) groups excluding carboxylic acids is 3. The monoisotopic (exact) mass is 837 g/mol. The molecule has 0 unspecified atom stereocenters. The molecule has 3 N–H and O–H groups in total. The molecule has 7 rings (SSSR count). The molecule has 5 aromatic rings. The number of hydrogen-bond acceptors (Lipinski definition) is 7. The molecule has 4 heterocycles. The second-order valence-corrected chi connectivity index (χ2v) is 14.5. The van der Waals surface area contributed by atoms with Crippen molar-refractivity contribution in [3.05, 3.63) is 116 Å². The van der Waals surface area contributed by atoms with E-state index in [0.717, 1.165) is 20.3 Å². The minimum absolute atomic E-state index is 0. The van der Waals surface area contributed by atoms with Gasteiger partial charge in [0.05, 0.1) is 18.0 Å². The van der Waals surface area contributed by atoms with E-state index in [-0.39, 0.29) is 44.2 Å². The zero-order chi connectivity index (χ0) is 34.6. The van der Waals surface area contributed by atoms with Gasteiger partial charge in [-0.1, -0.05) is 85.4 Å². The largest absolute Gasteiger partial charge is 0.354 e. The van der Waals surface area contributed by atoms with Crippen molar-refractivity contribution in [2.24, 2.45) is 5.92 Å². The van der Waals surface area contributed by atoms with Crippen LogP contribution in [0.1, 0.15) is 43.7 Å². The Kier molecular flexibility index (Phi) is 16.7. The van der Waals surface area contributed by atoms with E-state index < -0.39 is 0 Å². The van der Waals surface area contributed by atoms with E-state index in [1.54, 1.807) is 42.8 Å². The minimum Gasteiger partial charge on any atom is -0.354 e. The van der Waals surface area contributed by atoms with Gasteiger partial charge in [-0.25, -0.2) is 4.98 Å². The Bertz CT molecular complexity index is 1870. The Morgan fingerprint density at radius 1 is 0.980 bits per heavy atom. The molecule has 13 heteroatoms. The summed E-state index contributed by atoms with van der Waals surface area (Å²) in [5.74, 6) is -0.460. The first-order valence-corrected chi connectivity index (χ1v) is 18.3. The Morgan fingerprint density at radius 3 is 2.27 bits per heavy atom. The molecular formula is C38H45Br2N7O3S. The van der Waals surface area contributed by atoms with E-state index in [0.29, 0.717) is 50.2 Å². The maximum absolute atomic E-state index is 12.9. The van der Waals surface area contributed by atoms with Crippen molar-refractivity contribution < 1.29 is 14.4 Å². The van der Waals surface area contributed by atoms with Crippen LogP contribution in [0.25, 0.3) is 16.5 Å². The molecule has 0 radical (unpaired) electrons. The Labute approximate surface area is 321 Å². The predicted molar refractivity (Wildman–Crippen MR) is 216 cm³/mol. The summed E-state index contributed by atoms with van der Waals surface area (Å²) in [4.78, 5) is 45.6. The molecule has 270 valence electrons. The summed E-state index contributed by atoms with van der Waals surface area (Å²) >= 11 is 8.08. The summed E-state index contributed by atoms with van der Waals surface area (Å²) in [6.45, 7) is 2.92. The number of nitrogens with zero attached hydrogens (tertiary/aromatic N) is 4. The van der Waals surface area contributed by atoms with Crippen molar-refractivity contribution in [1.82, 2.24) is 30.3 Å². The standard InChI is InChI=1S/C27H30N6O3.C6H5Br.C3H2BrNS.2CH4/c1-28-27(36)25-22-15-21(7-8-23(22)30-31-25)29-26(35)20-9-12-32(16-20)17-24(34)33-13-10-19(11-14-33)18-5-3-2-4-6-18;7-6-4-2-1-3-5-6;4-3-5-1-2-6-3;;/h2-8,10,15,20H,9,11-14,16-17H2,1H3,(H,28,36)(H,29,35)(H,30,31);1-5H;1-2H;2*1H4/t20-;;;;/m1..../s1. The molecule has 0 spiro atoms. The van der Waals surface area contributed by atoms with E-state index in [2.05, 4.69) is 80.8 Å². The number of aromatic amines is 1. The van der Waals surface area contributed by atoms with Gasteiger partial charge in [-0.05, 0) is 76.8 Å². The molecule has 0 aliphatic carbocycles. The zero-order valence-electron chi connectivity index (χ0n) is 26.9. The van der Waals surface area contributed by atoms with Crippen molar-refractivity contribution in [1.29, 1.82) is 0 Å². The van der Waals surface area contributed by atoms with Gasteiger partial charge in [0.2, 0.25) is 11.8 Å². The number of likely N-dealkylation sites (tertiary alicyclic amines) is 1. The van der Waals surface area contributed by atoms with Crippen molar-refractivity contribution in [2.75, 3.05) is 45.1 Å². The highest BCUT2D eigenvalue weighted by atomic mass is 79.9. The van der Waals surface area contributed by atoms with Gasteiger partial charge in [-0.3, -0.25) is 24.4 Å². The van der Waals surface area contributed by atoms with E-state index in [1.165, 1.54) is 11.1 Å². The van der Waals surface area contributed by atoms with E-state index in [1.807, 2.05) is 58.8 Å². The molecule has 2 aliphatic heterocycles. The first kappa shape index (κ1) is 41.3. The zero-order valence-corrected chi connectivity index (χ0v) is 30.9. The Morgan fingerprint density at radius 2 is 1.71 bits per heavy atom. The van der Waals surface area contributed by atoms with Crippen LogP contribution in [0.2, 0.25) is 0 Å². The number of carbonyl (C=O) groups is 3. The number of amides is 3. The number of halogens is 2. The molecule has 10 nitrogen and oxygen atoms in total. The summed E-state index contributed by atoms with van der Waals surface area (Å²) in [6.07, 6.45) is 5.45. The normalized spacial score (nSPS) is 15.1. The predicted octanol–water partition coefficient (Wildman–Crippen LogP) is 8.13. The van der Waals surface area contributed by atoms with Crippen molar-refractivity contribution in [3.63, 3.8) is 0 Å². The second kappa shape index (κ2) is 20.6. The van der Waals surface area contributed by atoms with Crippen LogP contribution in [0.4, 0.5) is 5.69 Å². The molecular weight excluding hydrogens is 794 g/mol. The molecule has 3 amide bonds. The van der Waals surface area contributed by atoms with E-state index in [9.17, 15) is 14.4 Å². The Hall–Kier alpha value is -4.17. The molecule has 1 atom stereocenters. The fourth-order valence-electron chi connectivity index (χ4n) is 5.54. The number of rotatable bonds is 6. The quantitative estimate of drug-likeness (QED) is 0.159. The maximum Gasteiger partial charge on any atom is 0.272 e. The maximum atomic E-state index is 12.9. The number of benzene rings is 3. The molecule has 51 heavy (non-hydrogen) atoms. The van der Waals surface area contributed by atoms with Gasteiger partial charge in [0.25, 0.3) is 5.91 Å². The van der Waals surface area contributed by atoms with Gasteiger partial charge in [0.1, 0.15) is 0 Å². The SMILES string of the molecule is Brc1ccccc1.Brc1nccs1.C.C.CNC(=O)c1n[nH]c2ccc(NC(=O)[C@@H]3CCN(CC(=O)N4CC=C(c5ccccc5)CC4)C3)cc12. The van der Waals surface area contributed by atoms with Crippen LogP contribution < -0.4 is 10.6 Å². The second-order valence-electron chi connectivity index (χ2n) is 11.4. The third kappa shape index (κ3) is 12.0. The third-order valence-electron chi connectivity index (χ3n) is 8.12. The van der Waals surface area contributed by atoms with Gasteiger partial charge < -0.3 is 15.5 Å². The van der Waals surface area contributed by atoms with Crippen molar-refractivity contribution in [2.45, 2.75) is 27.7 Å².